The van der Waals surface area contributed by atoms with Gasteiger partial charge in [0.2, 0.25) is 0 Å². The second-order valence-corrected chi connectivity index (χ2v) is 17.4. The fourth-order valence-electron chi connectivity index (χ4n) is 7.24. The molecule has 0 aliphatic rings. The van der Waals surface area contributed by atoms with E-state index < -0.39 is 6.10 Å². The number of unbranched alkanes of at least 4 members (excludes halogenated alkanes) is 24. The van der Waals surface area contributed by atoms with E-state index in [0.717, 1.165) is 77.0 Å². The summed E-state index contributed by atoms with van der Waals surface area (Å²) in [4.78, 5) is 37.9. The highest BCUT2D eigenvalue weighted by Gasteiger charge is 2.19. The summed E-state index contributed by atoms with van der Waals surface area (Å²) in [6.07, 6.45) is 64.7. The zero-order chi connectivity index (χ0) is 45.8. The van der Waals surface area contributed by atoms with Gasteiger partial charge in [-0.1, -0.05) is 222 Å². The molecule has 0 bridgehead atoms. The zero-order valence-electron chi connectivity index (χ0n) is 41.3. The highest BCUT2D eigenvalue weighted by atomic mass is 16.6. The molecule has 6 heteroatoms. The molecule has 0 fully saturated rings. The highest BCUT2D eigenvalue weighted by Crippen LogP contribution is 2.14. The molecule has 0 rings (SSSR count). The number of esters is 3. The van der Waals surface area contributed by atoms with E-state index in [1.165, 1.54) is 128 Å². The topological polar surface area (TPSA) is 78.9 Å². The van der Waals surface area contributed by atoms with Gasteiger partial charge in [-0.05, 0) is 83.5 Å². The van der Waals surface area contributed by atoms with Crippen LogP contribution in [0.2, 0.25) is 0 Å². The van der Waals surface area contributed by atoms with Gasteiger partial charge in [-0.25, -0.2) is 0 Å². The van der Waals surface area contributed by atoms with Crippen molar-refractivity contribution in [3.05, 3.63) is 72.9 Å². The van der Waals surface area contributed by atoms with Crippen molar-refractivity contribution in [2.75, 3.05) is 13.2 Å². The van der Waals surface area contributed by atoms with Crippen LogP contribution in [0.1, 0.15) is 252 Å². The van der Waals surface area contributed by atoms with E-state index in [0.29, 0.717) is 19.3 Å². The first-order chi connectivity index (χ1) is 31.0. The first-order valence-electron chi connectivity index (χ1n) is 26.4. The number of hydrogen-bond acceptors (Lipinski definition) is 6. The van der Waals surface area contributed by atoms with E-state index >= 15 is 0 Å². The van der Waals surface area contributed by atoms with Crippen molar-refractivity contribution in [1.82, 2.24) is 0 Å². The lowest BCUT2D eigenvalue weighted by Crippen LogP contribution is -2.30. The van der Waals surface area contributed by atoms with Gasteiger partial charge in [-0.15, -0.1) is 0 Å². The number of carbonyl (C=O) groups is 3. The van der Waals surface area contributed by atoms with Crippen LogP contribution in [0.3, 0.4) is 0 Å². The summed E-state index contributed by atoms with van der Waals surface area (Å²) >= 11 is 0. The van der Waals surface area contributed by atoms with Gasteiger partial charge in [0.05, 0.1) is 0 Å². The molecular formula is C57H98O6. The van der Waals surface area contributed by atoms with E-state index in [1.54, 1.807) is 0 Å². The van der Waals surface area contributed by atoms with Gasteiger partial charge in [0, 0.05) is 19.3 Å². The molecule has 6 nitrogen and oxygen atoms in total. The Bertz CT molecular complexity index is 1190. The Balaban J connectivity index is 4.39. The minimum atomic E-state index is -0.804. The fraction of sp³-hybridized carbons (Fsp3) is 0.737. The molecule has 0 amide bonds. The maximum atomic E-state index is 12.8. The SMILES string of the molecule is CC/C=C\C/C=C\C/C=C\C/C=C\C/C=C\CCCC(=O)O[C@@H](COC(=O)CCCCCCCCC/C=C\CCCCCCCCCC)COC(=O)CCCCCCCCCCC. The summed E-state index contributed by atoms with van der Waals surface area (Å²) in [6.45, 7) is 6.46. The number of hydrogen-bond donors (Lipinski definition) is 0. The Morgan fingerprint density at radius 2 is 0.635 bits per heavy atom. The summed E-state index contributed by atoms with van der Waals surface area (Å²) in [5.41, 5.74) is 0. The summed E-state index contributed by atoms with van der Waals surface area (Å²) < 4.78 is 16.7. The van der Waals surface area contributed by atoms with Crippen molar-refractivity contribution in [2.24, 2.45) is 0 Å². The van der Waals surface area contributed by atoms with Crippen molar-refractivity contribution in [3.63, 3.8) is 0 Å². The van der Waals surface area contributed by atoms with Crippen LogP contribution in [0.5, 0.6) is 0 Å². The molecule has 0 saturated heterocycles. The van der Waals surface area contributed by atoms with Gasteiger partial charge in [0.25, 0.3) is 0 Å². The lowest BCUT2D eigenvalue weighted by molar-refractivity contribution is -0.167. The summed E-state index contributed by atoms with van der Waals surface area (Å²) in [5.74, 6) is -0.961. The third-order valence-electron chi connectivity index (χ3n) is 11.2. The lowest BCUT2D eigenvalue weighted by Gasteiger charge is -2.18. The first-order valence-corrected chi connectivity index (χ1v) is 26.4. The van der Waals surface area contributed by atoms with Crippen LogP contribution in [-0.4, -0.2) is 37.2 Å². The Hall–Kier alpha value is -3.15. The third-order valence-corrected chi connectivity index (χ3v) is 11.2. The normalized spacial score (nSPS) is 12.6. The summed E-state index contributed by atoms with van der Waals surface area (Å²) in [6, 6.07) is 0. The van der Waals surface area contributed by atoms with Crippen molar-refractivity contribution in [2.45, 2.75) is 258 Å². The molecule has 362 valence electrons. The molecule has 0 aliphatic carbocycles. The molecule has 0 aromatic carbocycles. The Morgan fingerprint density at radius 3 is 1.03 bits per heavy atom. The van der Waals surface area contributed by atoms with Crippen molar-refractivity contribution in [3.8, 4) is 0 Å². The third kappa shape index (κ3) is 49.7. The van der Waals surface area contributed by atoms with Gasteiger partial charge in [0.15, 0.2) is 6.10 Å². The van der Waals surface area contributed by atoms with Crippen LogP contribution >= 0.6 is 0 Å². The molecule has 0 aliphatic heterocycles. The van der Waals surface area contributed by atoms with Crippen molar-refractivity contribution < 1.29 is 28.6 Å². The summed E-state index contributed by atoms with van der Waals surface area (Å²) in [5, 5.41) is 0. The minimum Gasteiger partial charge on any atom is -0.462 e. The Labute approximate surface area is 389 Å². The Kier molecular flexibility index (Phi) is 48.9. The summed E-state index contributed by atoms with van der Waals surface area (Å²) in [7, 11) is 0. The first kappa shape index (κ1) is 59.9. The molecule has 63 heavy (non-hydrogen) atoms. The number of carbonyl (C=O) groups excluding carboxylic acids is 3. The highest BCUT2D eigenvalue weighted by molar-refractivity contribution is 5.71. The van der Waals surface area contributed by atoms with Gasteiger partial charge < -0.3 is 14.2 Å². The molecule has 1 atom stereocenters. The molecule has 0 aromatic heterocycles. The predicted octanol–water partition coefficient (Wildman–Crippen LogP) is 17.4. The molecule has 0 saturated carbocycles. The largest absolute Gasteiger partial charge is 0.462 e. The van der Waals surface area contributed by atoms with E-state index in [9.17, 15) is 14.4 Å². The number of rotatable bonds is 47. The average molecular weight is 879 g/mol. The predicted molar refractivity (Wildman–Crippen MR) is 270 cm³/mol. The van der Waals surface area contributed by atoms with Crippen LogP contribution in [-0.2, 0) is 28.6 Å². The monoisotopic (exact) mass is 879 g/mol. The molecule has 0 spiro atoms. The molecule has 0 unspecified atom stereocenters. The van der Waals surface area contributed by atoms with Crippen LogP contribution in [0.25, 0.3) is 0 Å². The second-order valence-electron chi connectivity index (χ2n) is 17.4. The second kappa shape index (κ2) is 51.5. The molecule has 0 radical (unpaired) electrons. The molecule has 0 aromatic rings. The van der Waals surface area contributed by atoms with Crippen LogP contribution in [0.15, 0.2) is 72.9 Å². The standard InChI is InChI=1S/C57H98O6/c1-4-7-10-13-16-19-21-23-25-27-28-30-31-33-35-38-41-44-47-50-56(59)62-53-54(52-61-55(58)49-46-43-40-37-18-15-12-9-6-3)63-57(60)51-48-45-42-39-36-34-32-29-26-24-22-20-17-14-11-8-5-2/h8,11,17,20,24,26-28,32,34,39,42,54H,4-7,9-10,12-16,18-19,21-23,25,29-31,33,35-38,40-41,43-53H2,1-3H3/b11-8-,20-17-,26-24-,28-27-,34-32-,42-39-/t54-/m1/s1. The van der Waals surface area contributed by atoms with Crippen LogP contribution in [0.4, 0.5) is 0 Å². The van der Waals surface area contributed by atoms with Gasteiger partial charge in [0.1, 0.15) is 13.2 Å². The quantitative estimate of drug-likeness (QED) is 0.0262. The Morgan fingerprint density at radius 1 is 0.333 bits per heavy atom. The van der Waals surface area contributed by atoms with Crippen LogP contribution in [0, 0.1) is 0 Å². The lowest BCUT2D eigenvalue weighted by atomic mass is 10.1. The van der Waals surface area contributed by atoms with Crippen molar-refractivity contribution >= 4 is 17.9 Å². The van der Waals surface area contributed by atoms with Gasteiger partial charge in [-0.2, -0.15) is 0 Å². The fourth-order valence-corrected chi connectivity index (χ4v) is 7.24. The van der Waals surface area contributed by atoms with E-state index in [4.69, 9.17) is 14.2 Å². The molecule has 0 heterocycles. The van der Waals surface area contributed by atoms with E-state index in [2.05, 4.69) is 93.7 Å². The average Bonchev–Trinajstić information content (AvgIpc) is 3.28. The number of allylic oxidation sites excluding steroid dienone is 12. The van der Waals surface area contributed by atoms with Gasteiger partial charge in [-0.3, -0.25) is 14.4 Å². The van der Waals surface area contributed by atoms with Gasteiger partial charge >= 0.3 is 17.9 Å². The molecule has 0 N–H and O–H groups in total. The smallest absolute Gasteiger partial charge is 0.306 e. The molecular weight excluding hydrogens is 781 g/mol. The minimum absolute atomic E-state index is 0.0981. The van der Waals surface area contributed by atoms with Crippen molar-refractivity contribution in [1.29, 1.82) is 0 Å². The van der Waals surface area contributed by atoms with E-state index in [1.807, 2.05) is 0 Å². The van der Waals surface area contributed by atoms with Crippen LogP contribution < -0.4 is 0 Å². The number of ether oxygens (including phenoxy) is 3. The maximum Gasteiger partial charge on any atom is 0.306 e. The maximum absolute atomic E-state index is 12.8. The zero-order valence-corrected chi connectivity index (χ0v) is 41.3. The van der Waals surface area contributed by atoms with E-state index in [-0.39, 0.29) is 37.5 Å².